The first-order valence-corrected chi connectivity index (χ1v) is 5.97. The van der Waals surface area contributed by atoms with Gasteiger partial charge in [0, 0.05) is 13.1 Å². The van der Waals surface area contributed by atoms with Crippen LogP contribution in [0.4, 0.5) is 11.8 Å². The lowest BCUT2D eigenvalue weighted by Crippen LogP contribution is -2.25. The van der Waals surface area contributed by atoms with E-state index in [0.717, 1.165) is 37.1 Å². The Hall–Kier alpha value is -1.85. The van der Waals surface area contributed by atoms with Gasteiger partial charge in [0.1, 0.15) is 5.82 Å². The summed E-state index contributed by atoms with van der Waals surface area (Å²) in [6.45, 7) is 6.16. The zero-order valence-corrected chi connectivity index (χ0v) is 10.3. The second kappa shape index (κ2) is 4.99. The number of nitrogen functional groups attached to an aromatic ring is 1. The number of aromatic amines is 1. The van der Waals surface area contributed by atoms with Gasteiger partial charge in [-0.1, -0.05) is 13.3 Å². The molecular weight excluding hydrogens is 216 g/mol. The van der Waals surface area contributed by atoms with Crippen LogP contribution >= 0.6 is 0 Å². The number of H-pyrrole nitrogens is 1. The molecule has 0 aliphatic carbocycles. The minimum atomic E-state index is 0.284. The maximum absolute atomic E-state index is 5.71. The molecule has 0 aliphatic heterocycles. The summed E-state index contributed by atoms with van der Waals surface area (Å²) in [7, 11) is 0. The van der Waals surface area contributed by atoms with Crippen molar-refractivity contribution in [3.63, 3.8) is 0 Å². The molecule has 17 heavy (non-hydrogen) atoms. The van der Waals surface area contributed by atoms with E-state index in [2.05, 4.69) is 38.9 Å². The summed E-state index contributed by atoms with van der Waals surface area (Å²) in [4.78, 5) is 10.7. The predicted molar refractivity (Wildman–Crippen MR) is 68.9 cm³/mol. The lowest BCUT2D eigenvalue weighted by Gasteiger charge is -2.22. The van der Waals surface area contributed by atoms with Crippen molar-refractivity contribution in [2.24, 2.45) is 0 Å². The van der Waals surface area contributed by atoms with Crippen LogP contribution in [0, 0.1) is 0 Å². The molecule has 0 unspecified atom stereocenters. The van der Waals surface area contributed by atoms with Crippen molar-refractivity contribution in [2.75, 3.05) is 23.7 Å². The summed E-state index contributed by atoms with van der Waals surface area (Å²) in [5, 5.41) is 7.75. The third-order valence-corrected chi connectivity index (χ3v) is 2.77. The number of nitrogens with zero attached hydrogens (tertiary/aromatic N) is 4. The van der Waals surface area contributed by atoms with E-state index in [0.29, 0.717) is 5.65 Å². The summed E-state index contributed by atoms with van der Waals surface area (Å²) in [5.41, 5.74) is 6.41. The fourth-order valence-corrected chi connectivity index (χ4v) is 1.84. The molecule has 2 rings (SSSR count). The molecular formula is C11H18N6. The highest BCUT2D eigenvalue weighted by molar-refractivity contribution is 5.87. The molecule has 6 heteroatoms. The smallest absolute Gasteiger partial charge is 0.224 e. The minimum absolute atomic E-state index is 0.284. The van der Waals surface area contributed by atoms with Crippen LogP contribution in [0.25, 0.3) is 11.0 Å². The number of aromatic nitrogens is 4. The molecule has 0 bridgehead atoms. The first kappa shape index (κ1) is 11.6. The van der Waals surface area contributed by atoms with Crippen LogP contribution in [-0.4, -0.2) is 33.3 Å². The third-order valence-electron chi connectivity index (χ3n) is 2.77. The van der Waals surface area contributed by atoms with Gasteiger partial charge < -0.3 is 10.6 Å². The summed E-state index contributed by atoms with van der Waals surface area (Å²) in [6, 6.07) is 0. The molecule has 0 saturated carbocycles. The quantitative estimate of drug-likeness (QED) is 0.820. The SMILES string of the molecule is CCCCN(CC)c1nc(N)nc2[nH]ncc12. The van der Waals surface area contributed by atoms with E-state index < -0.39 is 0 Å². The van der Waals surface area contributed by atoms with E-state index >= 15 is 0 Å². The van der Waals surface area contributed by atoms with Crippen LogP contribution in [0.2, 0.25) is 0 Å². The highest BCUT2D eigenvalue weighted by atomic mass is 15.2. The van der Waals surface area contributed by atoms with E-state index in [1.807, 2.05) is 0 Å². The number of anilines is 2. The molecule has 0 aliphatic rings. The van der Waals surface area contributed by atoms with E-state index in [-0.39, 0.29) is 5.95 Å². The molecule has 3 N–H and O–H groups in total. The van der Waals surface area contributed by atoms with Gasteiger partial charge in [0.15, 0.2) is 5.65 Å². The van der Waals surface area contributed by atoms with Gasteiger partial charge in [-0.2, -0.15) is 15.1 Å². The molecule has 0 amide bonds. The Labute approximate surface area is 100 Å². The minimum Gasteiger partial charge on any atom is -0.368 e. The fraction of sp³-hybridized carbons (Fsp3) is 0.545. The van der Waals surface area contributed by atoms with E-state index in [1.54, 1.807) is 6.20 Å². The molecule has 0 saturated heterocycles. The zero-order chi connectivity index (χ0) is 12.3. The molecule has 6 nitrogen and oxygen atoms in total. The topological polar surface area (TPSA) is 83.7 Å². The number of hydrogen-bond donors (Lipinski definition) is 2. The Morgan fingerprint density at radius 2 is 2.18 bits per heavy atom. The lowest BCUT2D eigenvalue weighted by molar-refractivity contribution is 0.726. The van der Waals surface area contributed by atoms with Gasteiger partial charge in [0.25, 0.3) is 0 Å². The third kappa shape index (κ3) is 2.30. The zero-order valence-electron chi connectivity index (χ0n) is 10.3. The van der Waals surface area contributed by atoms with Crippen LogP contribution in [0.5, 0.6) is 0 Å². The number of unbranched alkanes of at least 4 members (excludes halogenated alkanes) is 1. The largest absolute Gasteiger partial charge is 0.368 e. The number of hydrogen-bond acceptors (Lipinski definition) is 5. The molecule has 0 atom stereocenters. The first-order valence-electron chi connectivity index (χ1n) is 5.97. The van der Waals surface area contributed by atoms with Gasteiger partial charge in [-0.3, -0.25) is 5.10 Å². The van der Waals surface area contributed by atoms with Gasteiger partial charge in [0.2, 0.25) is 5.95 Å². The number of fused-ring (bicyclic) bond motifs is 1. The predicted octanol–water partition coefficient (Wildman–Crippen LogP) is 1.56. The van der Waals surface area contributed by atoms with Gasteiger partial charge in [0.05, 0.1) is 11.6 Å². The van der Waals surface area contributed by atoms with Crippen LogP contribution in [0.15, 0.2) is 6.20 Å². The number of nitrogens with one attached hydrogen (secondary N) is 1. The van der Waals surface area contributed by atoms with Gasteiger partial charge in [-0.25, -0.2) is 0 Å². The maximum atomic E-state index is 5.71. The summed E-state index contributed by atoms with van der Waals surface area (Å²) in [6.07, 6.45) is 4.04. The molecule has 2 aromatic heterocycles. The average Bonchev–Trinajstić information content (AvgIpc) is 2.77. The summed E-state index contributed by atoms with van der Waals surface area (Å²) >= 11 is 0. The monoisotopic (exact) mass is 234 g/mol. The Morgan fingerprint density at radius 3 is 2.88 bits per heavy atom. The van der Waals surface area contributed by atoms with Crippen molar-refractivity contribution in [1.82, 2.24) is 20.2 Å². The van der Waals surface area contributed by atoms with Crippen molar-refractivity contribution >= 4 is 22.8 Å². The molecule has 0 aromatic carbocycles. The fourth-order valence-electron chi connectivity index (χ4n) is 1.84. The number of nitrogens with two attached hydrogens (primary N) is 1. The second-order valence-electron chi connectivity index (χ2n) is 3.97. The van der Waals surface area contributed by atoms with Crippen LogP contribution in [0.3, 0.4) is 0 Å². The summed E-state index contributed by atoms with van der Waals surface area (Å²) in [5.74, 6) is 1.16. The van der Waals surface area contributed by atoms with Crippen molar-refractivity contribution in [1.29, 1.82) is 0 Å². The van der Waals surface area contributed by atoms with E-state index in [9.17, 15) is 0 Å². The van der Waals surface area contributed by atoms with Crippen molar-refractivity contribution in [3.05, 3.63) is 6.20 Å². The van der Waals surface area contributed by atoms with Crippen molar-refractivity contribution < 1.29 is 0 Å². The maximum Gasteiger partial charge on any atom is 0.224 e. The molecule has 0 radical (unpaired) electrons. The Bertz CT molecular complexity index is 492. The Balaban J connectivity index is 2.40. The van der Waals surface area contributed by atoms with Crippen molar-refractivity contribution in [3.8, 4) is 0 Å². The lowest BCUT2D eigenvalue weighted by atomic mass is 10.3. The van der Waals surface area contributed by atoms with Crippen LogP contribution < -0.4 is 10.6 Å². The van der Waals surface area contributed by atoms with Gasteiger partial charge in [-0.15, -0.1) is 0 Å². The van der Waals surface area contributed by atoms with Gasteiger partial charge >= 0.3 is 0 Å². The molecule has 2 heterocycles. The molecule has 0 fully saturated rings. The van der Waals surface area contributed by atoms with Gasteiger partial charge in [-0.05, 0) is 13.3 Å². The number of rotatable bonds is 5. The van der Waals surface area contributed by atoms with E-state index in [4.69, 9.17) is 5.73 Å². The normalized spacial score (nSPS) is 10.9. The molecule has 92 valence electrons. The Kier molecular flexibility index (Phi) is 3.41. The first-order chi connectivity index (χ1) is 8.26. The molecule has 2 aromatic rings. The van der Waals surface area contributed by atoms with Crippen LogP contribution in [0.1, 0.15) is 26.7 Å². The Morgan fingerprint density at radius 1 is 1.35 bits per heavy atom. The van der Waals surface area contributed by atoms with E-state index in [1.165, 1.54) is 0 Å². The van der Waals surface area contributed by atoms with Crippen molar-refractivity contribution in [2.45, 2.75) is 26.7 Å². The summed E-state index contributed by atoms with van der Waals surface area (Å²) < 4.78 is 0. The standard InChI is InChI=1S/C11H18N6/c1-3-5-6-17(4-2)10-8-7-13-16-9(8)14-11(12)15-10/h7H,3-6H2,1-2H3,(H3,12,13,14,15,16). The highest BCUT2D eigenvalue weighted by Gasteiger charge is 2.13. The second-order valence-corrected chi connectivity index (χ2v) is 3.97. The van der Waals surface area contributed by atoms with Crippen LogP contribution in [-0.2, 0) is 0 Å². The average molecular weight is 234 g/mol. The molecule has 0 spiro atoms. The highest BCUT2D eigenvalue weighted by Crippen LogP contribution is 2.23.